The SMILES string of the molecule is CC(C)C1CNCCN1C(C)Cc1ccco1. The van der Waals surface area contributed by atoms with Gasteiger partial charge in [0.1, 0.15) is 5.76 Å². The maximum Gasteiger partial charge on any atom is 0.105 e. The zero-order chi connectivity index (χ0) is 12.3. The van der Waals surface area contributed by atoms with Gasteiger partial charge < -0.3 is 9.73 Å². The first-order valence-electron chi connectivity index (χ1n) is 6.67. The molecular weight excluding hydrogens is 212 g/mol. The molecule has 2 heterocycles. The second kappa shape index (κ2) is 5.69. The van der Waals surface area contributed by atoms with Crippen molar-refractivity contribution in [2.24, 2.45) is 5.92 Å². The van der Waals surface area contributed by atoms with Crippen LogP contribution in [0.3, 0.4) is 0 Å². The van der Waals surface area contributed by atoms with Crippen LogP contribution in [0.25, 0.3) is 0 Å². The fourth-order valence-electron chi connectivity index (χ4n) is 2.74. The third-order valence-corrected chi connectivity index (χ3v) is 3.74. The highest BCUT2D eigenvalue weighted by molar-refractivity contribution is 5.01. The molecule has 0 saturated carbocycles. The lowest BCUT2D eigenvalue weighted by Crippen LogP contribution is -2.56. The predicted octanol–water partition coefficient (Wildman–Crippen LogP) is 2.14. The first-order chi connectivity index (χ1) is 8.18. The van der Waals surface area contributed by atoms with Gasteiger partial charge >= 0.3 is 0 Å². The van der Waals surface area contributed by atoms with E-state index in [4.69, 9.17) is 4.42 Å². The zero-order valence-electron chi connectivity index (χ0n) is 11.1. The Bertz CT molecular complexity index is 321. The number of piperazine rings is 1. The maximum absolute atomic E-state index is 5.45. The number of nitrogens with one attached hydrogen (secondary N) is 1. The monoisotopic (exact) mass is 236 g/mol. The average molecular weight is 236 g/mol. The van der Waals surface area contributed by atoms with Gasteiger partial charge in [0.25, 0.3) is 0 Å². The Kier molecular flexibility index (Phi) is 4.24. The van der Waals surface area contributed by atoms with Crippen molar-refractivity contribution in [3.63, 3.8) is 0 Å². The Morgan fingerprint density at radius 2 is 2.29 bits per heavy atom. The van der Waals surface area contributed by atoms with Crippen LogP contribution in [0.1, 0.15) is 26.5 Å². The van der Waals surface area contributed by atoms with Crippen LogP contribution in [0.5, 0.6) is 0 Å². The molecule has 0 spiro atoms. The van der Waals surface area contributed by atoms with Crippen molar-refractivity contribution >= 4 is 0 Å². The first-order valence-corrected chi connectivity index (χ1v) is 6.67. The molecule has 1 N–H and O–H groups in total. The van der Waals surface area contributed by atoms with Crippen molar-refractivity contribution in [2.75, 3.05) is 19.6 Å². The molecule has 3 nitrogen and oxygen atoms in total. The van der Waals surface area contributed by atoms with Gasteiger partial charge in [0.05, 0.1) is 6.26 Å². The van der Waals surface area contributed by atoms with E-state index in [-0.39, 0.29) is 0 Å². The van der Waals surface area contributed by atoms with Gasteiger partial charge in [0, 0.05) is 38.1 Å². The van der Waals surface area contributed by atoms with Gasteiger partial charge in [-0.15, -0.1) is 0 Å². The Morgan fingerprint density at radius 1 is 1.47 bits per heavy atom. The molecule has 0 amide bonds. The van der Waals surface area contributed by atoms with Crippen molar-refractivity contribution in [1.29, 1.82) is 0 Å². The number of hydrogen-bond donors (Lipinski definition) is 1. The molecule has 96 valence electrons. The molecule has 2 rings (SSSR count). The lowest BCUT2D eigenvalue weighted by Gasteiger charge is -2.42. The molecule has 1 aliphatic heterocycles. The summed E-state index contributed by atoms with van der Waals surface area (Å²) in [4.78, 5) is 2.63. The Morgan fingerprint density at radius 3 is 2.94 bits per heavy atom. The number of rotatable bonds is 4. The fraction of sp³-hybridized carbons (Fsp3) is 0.714. The van der Waals surface area contributed by atoms with E-state index in [2.05, 4.69) is 37.1 Å². The lowest BCUT2D eigenvalue weighted by molar-refractivity contribution is 0.0821. The second-order valence-electron chi connectivity index (χ2n) is 5.39. The van der Waals surface area contributed by atoms with E-state index in [0.29, 0.717) is 18.0 Å². The zero-order valence-corrected chi connectivity index (χ0v) is 11.1. The summed E-state index contributed by atoms with van der Waals surface area (Å²) >= 11 is 0. The summed E-state index contributed by atoms with van der Waals surface area (Å²) in [6.07, 6.45) is 2.77. The number of furan rings is 1. The van der Waals surface area contributed by atoms with Crippen LogP contribution in [-0.4, -0.2) is 36.6 Å². The highest BCUT2D eigenvalue weighted by atomic mass is 16.3. The Labute approximate surface area is 104 Å². The minimum Gasteiger partial charge on any atom is -0.469 e. The molecule has 1 fully saturated rings. The summed E-state index contributed by atoms with van der Waals surface area (Å²) in [5.74, 6) is 1.79. The van der Waals surface area contributed by atoms with E-state index >= 15 is 0 Å². The van der Waals surface area contributed by atoms with Crippen LogP contribution in [0.15, 0.2) is 22.8 Å². The van der Waals surface area contributed by atoms with Crippen LogP contribution in [0, 0.1) is 5.92 Å². The van der Waals surface area contributed by atoms with Crippen LogP contribution in [0.2, 0.25) is 0 Å². The molecule has 0 aliphatic carbocycles. The molecule has 1 aromatic rings. The first kappa shape index (κ1) is 12.7. The maximum atomic E-state index is 5.45. The quantitative estimate of drug-likeness (QED) is 0.868. The Balaban J connectivity index is 1.98. The topological polar surface area (TPSA) is 28.4 Å². The predicted molar refractivity (Wildman–Crippen MR) is 70.1 cm³/mol. The normalized spacial score (nSPS) is 24.1. The minimum atomic E-state index is 0.552. The van der Waals surface area contributed by atoms with E-state index in [1.165, 1.54) is 0 Å². The second-order valence-corrected chi connectivity index (χ2v) is 5.39. The molecule has 2 atom stereocenters. The van der Waals surface area contributed by atoms with Crippen LogP contribution >= 0.6 is 0 Å². The van der Waals surface area contributed by atoms with Gasteiger partial charge in [-0.05, 0) is 25.0 Å². The minimum absolute atomic E-state index is 0.552. The van der Waals surface area contributed by atoms with Crippen LogP contribution in [-0.2, 0) is 6.42 Å². The van der Waals surface area contributed by atoms with E-state index in [1.807, 2.05) is 6.07 Å². The van der Waals surface area contributed by atoms with Crippen molar-refractivity contribution in [3.05, 3.63) is 24.2 Å². The summed E-state index contributed by atoms with van der Waals surface area (Å²) in [5, 5.41) is 3.49. The van der Waals surface area contributed by atoms with Crippen molar-refractivity contribution < 1.29 is 4.42 Å². The van der Waals surface area contributed by atoms with Gasteiger partial charge in [-0.2, -0.15) is 0 Å². The standard InChI is InChI=1S/C14H24N2O/c1-11(2)14-10-15-6-7-16(14)12(3)9-13-5-4-8-17-13/h4-5,8,11-12,14-15H,6-7,9-10H2,1-3H3. The summed E-state index contributed by atoms with van der Waals surface area (Å²) in [5.41, 5.74) is 0. The third-order valence-electron chi connectivity index (χ3n) is 3.74. The lowest BCUT2D eigenvalue weighted by atomic mass is 9.97. The molecule has 0 aromatic carbocycles. The van der Waals surface area contributed by atoms with Gasteiger partial charge in [-0.3, -0.25) is 4.90 Å². The average Bonchev–Trinajstić information content (AvgIpc) is 2.81. The van der Waals surface area contributed by atoms with Crippen LogP contribution < -0.4 is 5.32 Å². The van der Waals surface area contributed by atoms with Crippen molar-refractivity contribution in [1.82, 2.24) is 10.2 Å². The molecule has 0 radical (unpaired) electrons. The van der Waals surface area contributed by atoms with E-state index in [1.54, 1.807) is 6.26 Å². The molecule has 1 aromatic heterocycles. The van der Waals surface area contributed by atoms with E-state index in [9.17, 15) is 0 Å². The van der Waals surface area contributed by atoms with Crippen molar-refractivity contribution in [3.8, 4) is 0 Å². The molecule has 1 aliphatic rings. The summed E-state index contributed by atoms with van der Waals surface area (Å²) in [7, 11) is 0. The number of nitrogens with zero attached hydrogens (tertiary/aromatic N) is 1. The molecule has 3 heteroatoms. The van der Waals surface area contributed by atoms with Gasteiger partial charge in [-0.1, -0.05) is 13.8 Å². The van der Waals surface area contributed by atoms with Gasteiger partial charge in [0.2, 0.25) is 0 Å². The summed E-state index contributed by atoms with van der Waals surface area (Å²) in [6.45, 7) is 10.3. The molecule has 0 bridgehead atoms. The van der Waals surface area contributed by atoms with E-state index < -0.39 is 0 Å². The smallest absolute Gasteiger partial charge is 0.105 e. The molecular formula is C14H24N2O. The fourth-order valence-corrected chi connectivity index (χ4v) is 2.74. The molecule has 17 heavy (non-hydrogen) atoms. The van der Waals surface area contributed by atoms with Gasteiger partial charge in [0.15, 0.2) is 0 Å². The number of hydrogen-bond acceptors (Lipinski definition) is 3. The van der Waals surface area contributed by atoms with Crippen LogP contribution in [0.4, 0.5) is 0 Å². The highest BCUT2D eigenvalue weighted by Crippen LogP contribution is 2.18. The third kappa shape index (κ3) is 3.11. The summed E-state index contributed by atoms with van der Waals surface area (Å²) in [6, 6.07) is 5.24. The summed E-state index contributed by atoms with van der Waals surface area (Å²) < 4.78 is 5.45. The molecule has 1 saturated heterocycles. The highest BCUT2D eigenvalue weighted by Gasteiger charge is 2.28. The Hall–Kier alpha value is -0.800. The van der Waals surface area contributed by atoms with Crippen molar-refractivity contribution in [2.45, 2.75) is 39.3 Å². The van der Waals surface area contributed by atoms with Gasteiger partial charge in [-0.25, -0.2) is 0 Å². The largest absolute Gasteiger partial charge is 0.469 e. The molecule has 2 unspecified atom stereocenters. The van der Waals surface area contributed by atoms with E-state index in [0.717, 1.165) is 31.8 Å².